The maximum absolute atomic E-state index is 14.3. The molecule has 1 aromatic rings. The van der Waals surface area contributed by atoms with Crippen molar-refractivity contribution in [2.24, 2.45) is 17.8 Å². The van der Waals surface area contributed by atoms with Gasteiger partial charge in [-0.25, -0.2) is 4.39 Å². The van der Waals surface area contributed by atoms with E-state index in [2.05, 4.69) is 32.2 Å². The molecule has 2 heteroatoms. The Kier molecular flexibility index (Phi) is 3.26. The second kappa shape index (κ2) is 5.17. The maximum atomic E-state index is 14.3. The normalized spacial score (nSPS) is 33.5. The van der Waals surface area contributed by atoms with Gasteiger partial charge in [0.1, 0.15) is 5.82 Å². The van der Waals surface area contributed by atoms with E-state index in [1.54, 1.807) is 6.07 Å². The largest absolute Gasteiger partial charge is 0.207 e. The monoisotopic (exact) mass is 338 g/mol. The van der Waals surface area contributed by atoms with Gasteiger partial charge >= 0.3 is 0 Å². The summed E-state index contributed by atoms with van der Waals surface area (Å²) in [4.78, 5) is 0. The molecule has 4 unspecified atom stereocenters. The Bertz CT molecular complexity index is 785. The quantitative estimate of drug-likeness (QED) is 0.612. The van der Waals surface area contributed by atoms with Gasteiger partial charge in [0.15, 0.2) is 0 Å². The molecule has 6 rings (SSSR count). The van der Waals surface area contributed by atoms with Crippen molar-refractivity contribution in [3.8, 4) is 0 Å². The fourth-order valence-electron chi connectivity index (χ4n) is 6.60. The first-order valence-electron chi connectivity index (χ1n) is 9.74. The fraction of sp³-hybridized carbons (Fsp3) is 0.545. The lowest BCUT2D eigenvalue weighted by atomic mass is 9.55. The number of benzene rings is 1. The third-order valence-corrected chi connectivity index (χ3v) is 9.23. The second-order valence-corrected chi connectivity index (χ2v) is 12.0. The molecular formula is C22H27FSi. The second-order valence-electron chi connectivity index (χ2n) is 9.04. The first kappa shape index (κ1) is 15.1. The molecule has 4 atom stereocenters. The Morgan fingerprint density at radius 1 is 1.12 bits per heavy atom. The third kappa shape index (κ3) is 2.01. The summed E-state index contributed by atoms with van der Waals surface area (Å²) in [5, 5.41) is 1.91. The van der Waals surface area contributed by atoms with E-state index >= 15 is 0 Å². The summed E-state index contributed by atoms with van der Waals surface area (Å²) in [6.07, 6.45) is 8.70. The van der Waals surface area contributed by atoms with E-state index in [0.29, 0.717) is 5.92 Å². The van der Waals surface area contributed by atoms with E-state index in [9.17, 15) is 4.39 Å². The number of halogens is 1. The highest BCUT2D eigenvalue weighted by molar-refractivity contribution is 6.64. The van der Waals surface area contributed by atoms with Crippen LogP contribution in [0.25, 0.3) is 6.08 Å². The van der Waals surface area contributed by atoms with Crippen LogP contribution in [0.5, 0.6) is 0 Å². The zero-order chi connectivity index (χ0) is 16.6. The Labute approximate surface area is 146 Å². The Balaban J connectivity index is 1.70. The summed E-state index contributed by atoms with van der Waals surface area (Å²) >= 11 is 0. The minimum atomic E-state index is -0.756. The first-order chi connectivity index (χ1) is 11.5. The van der Waals surface area contributed by atoms with Crippen LogP contribution in [-0.2, 0) is 6.42 Å². The lowest BCUT2D eigenvalue weighted by Crippen LogP contribution is -2.42. The Morgan fingerprint density at radius 3 is 2.75 bits per heavy atom. The standard InChI is InChI=1S/C22H27FSi/c1-12-6-17-16(4-5-20(23)18(17)7-12)21-14-8-13-9-15(11-14)22(24(2)3)19(21)10-13/h4-6,13-15,21,24H,7-11H2,1-3H3. The molecule has 5 aliphatic carbocycles. The molecule has 0 radical (unpaired) electrons. The highest BCUT2D eigenvalue weighted by Gasteiger charge is 2.48. The van der Waals surface area contributed by atoms with Crippen LogP contribution < -0.4 is 0 Å². The minimum absolute atomic E-state index is 0.00176. The van der Waals surface area contributed by atoms with Gasteiger partial charge in [-0.05, 0) is 79.5 Å². The van der Waals surface area contributed by atoms with E-state index in [-0.39, 0.29) is 5.82 Å². The van der Waals surface area contributed by atoms with Crippen LogP contribution in [0.2, 0.25) is 13.1 Å². The molecule has 0 spiro atoms. The van der Waals surface area contributed by atoms with Crippen LogP contribution in [0.4, 0.5) is 4.39 Å². The number of rotatable bonds is 2. The lowest BCUT2D eigenvalue weighted by Gasteiger charge is -2.53. The summed E-state index contributed by atoms with van der Waals surface area (Å²) in [6, 6.07) is 3.88. The van der Waals surface area contributed by atoms with Gasteiger partial charge in [-0.3, -0.25) is 0 Å². The zero-order valence-electron chi connectivity index (χ0n) is 15.0. The van der Waals surface area contributed by atoms with Gasteiger partial charge in [0, 0.05) is 5.92 Å². The number of allylic oxidation sites excluding steroid dienone is 3. The van der Waals surface area contributed by atoms with Gasteiger partial charge in [-0.2, -0.15) is 0 Å². The third-order valence-electron chi connectivity index (χ3n) is 7.14. The molecule has 0 aromatic heterocycles. The highest BCUT2D eigenvalue weighted by Crippen LogP contribution is 2.60. The summed E-state index contributed by atoms with van der Waals surface area (Å²) in [5.41, 5.74) is 6.78. The molecule has 2 saturated carbocycles. The average molecular weight is 339 g/mol. The lowest BCUT2D eigenvalue weighted by molar-refractivity contribution is 0.143. The summed E-state index contributed by atoms with van der Waals surface area (Å²) in [5.74, 6) is 3.27. The summed E-state index contributed by atoms with van der Waals surface area (Å²) < 4.78 is 14.3. The van der Waals surface area contributed by atoms with Crippen LogP contribution >= 0.6 is 0 Å². The van der Waals surface area contributed by atoms with Gasteiger partial charge in [-0.1, -0.05) is 41.6 Å². The summed E-state index contributed by atoms with van der Waals surface area (Å²) in [7, 11) is -0.756. The van der Waals surface area contributed by atoms with Crippen molar-refractivity contribution < 1.29 is 4.39 Å². The smallest absolute Gasteiger partial charge is 0.127 e. The first-order valence-corrected chi connectivity index (χ1v) is 12.6. The zero-order valence-corrected chi connectivity index (χ0v) is 16.2. The Hall–Kier alpha value is -1.15. The van der Waals surface area contributed by atoms with Crippen LogP contribution in [0.3, 0.4) is 0 Å². The van der Waals surface area contributed by atoms with Crippen LogP contribution in [0, 0.1) is 23.6 Å². The Morgan fingerprint density at radius 2 is 1.96 bits per heavy atom. The van der Waals surface area contributed by atoms with Gasteiger partial charge in [0.2, 0.25) is 0 Å². The molecule has 2 fully saturated rings. The fourth-order valence-corrected chi connectivity index (χ4v) is 8.85. The van der Waals surface area contributed by atoms with Gasteiger partial charge < -0.3 is 0 Å². The molecule has 5 aliphatic rings. The number of fused-ring (bicyclic) bond motifs is 1. The molecule has 24 heavy (non-hydrogen) atoms. The molecule has 0 aliphatic heterocycles. The predicted molar refractivity (Wildman–Crippen MR) is 101 cm³/mol. The molecule has 1 aromatic carbocycles. The van der Waals surface area contributed by atoms with Crippen LogP contribution in [0.1, 0.15) is 55.2 Å². The predicted octanol–water partition coefficient (Wildman–Crippen LogP) is 5.64. The van der Waals surface area contributed by atoms with E-state index in [0.717, 1.165) is 29.7 Å². The van der Waals surface area contributed by atoms with E-state index in [1.165, 1.54) is 42.4 Å². The van der Waals surface area contributed by atoms with E-state index < -0.39 is 8.80 Å². The average Bonchev–Trinajstić information content (AvgIpc) is 2.90. The highest BCUT2D eigenvalue weighted by atomic mass is 28.3. The number of hydrogen-bond donors (Lipinski definition) is 0. The molecular weight excluding hydrogens is 311 g/mol. The van der Waals surface area contributed by atoms with Crippen LogP contribution in [0.15, 0.2) is 28.5 Å². The summed E-state index contributed by atoms with van der Waals surface area (Å²) in [6.45, 7) is 7.17. The molecule has 0 amide bonds. The maximum Gasteiger partial charge on any atom is 0.127 e. The van der Waals surface area contributed by atoms with E-state index in [1.807, 2.05) is 10.8 Å². The van der Waals surface area contributed by atoms with Crippen molar-refractivity contribution in [2.75, 3.05) is 0 Å². The van der Waals surface area contributed by atoms with Gasteiger partial charge in [0.25, 0.3) is 0 Å². The van der Waals surface area contributed by atoms with Crippen molar-refractivity contribution in [3.05, 3.63) is 51.0 Å². The topological polar surface area (TPSA) is 0 Å². The number of hydrogen-bond acceptors (Lipinski definition) is 0. The molecule has 0 N–H and O–H groups in total. The van der Waals surface area contributed by atoms with Gasteiger partial charge in [0.05, 0.1) is 8.80 Å². The van der Waals surface area contributed by atoms with Crippen molar-refractivity contribution >= 4 is 14.9 Å². The van der Waals surface area contributed by atoms with Crippen molar-refractivity contribution in [3.63, 3.8) is 0 Å². The molecule has 4 bridgehead atoms. The SMILES string of the molecule is CC1=Cc2c(C3C4=C([SiH](C)C)C5CC(C4)CC3C5)ccc(F)c2C1. The minimum Gasteiger partial charge on any atom is -0.207 e. The molecule has 0 saturated heterocycles. The van der Waals surface area contributed by atoms with Gasteiger partial charge in [-0.15, -0.1) is 0 Å². The van der Waals surface area contributed by atoms with Crippen molar-refractivity contribution in [1.82, 2.24) is 0 Å². The molecule has 0 heterocycles. The molecule has 126 valence electrons. The van der Waals surface area contributed by atoms with E-state index in [4.69, 9.17) is 0 Å². The van der Waals surface area contributed by atoms with Crippen LogP contribution in [-0.4, -0.2) is 8.80 Å². The van der Waals surface area contributed by atoms with Crippen molar-refractivity contribution in [2.45, 2.75) is 58.0 Å². The van der Waals surface area contributed by atoms with Crippen molar-refractivity contribution in [1.29, 1.82) is 0 Å². The molecule has 0 nitrogen and oxygen atoms in total.